The Labute approximate surface area is 173 Å². The molecule has 0 saturated heterocycles. The average molecular weight is 405 g/mol. The number of ether oxygens (including phenoxy) is 1. The van der Waals surface area contributed by atoms with Crippen LogP contribution in [0.25, 0.3) is 16.9 Å². The summed E-state index contributed by atoms with van der Waals surface area (Å²) in [7, 11) is 1.60. The lowest BCUT2D eigenvalue weighted by atomic mass is 9.92. The molecule has 0 aliphatic carbocycles. The first-order valence-electron chi connectivity index (χ1n) is 9.54. The van der Waals surface area contributed by atoms with E-state index in [1.807, 2.05) is 39.8 Å². The van der Waals surface area contributed by atoms with E-state index in [1.54, 1.807) is 37.7 Å². The van der Waals surface area contributed by atoms with Crippen LogP contribution in [-0.4, -0.2) is 32.8 Å². The van der Waals surface area contributed by atoms with Gasteiger partial charge in [-0.05, 0) is 31.2 Å². The minimum absolute atomic E-state index is 0.217. The van der Waals surface area contributed by atoms with Gasteiger partial charge >= 0.3 is 0 Å². The fraction of sp³-hybridized carbons (Fsp3) is 0.273. The Bertz CT molecular complexity index is 1220. The number of nitrogens with one attached hydrogen (secondary N) is 1. The molecule has 3 heterocycles. The number of anilines is 1. The predicted molar refractivity (Wildman–Crippen MR) is 113 cm³/mol. The van der Waals surface area contributed by atoms with Gasteiger partial charge in [0.05, 0.1) is 12.8 Å². The molecule has 0 fully saturated rings. The monoisotopic (exact) mass is 405 g/mol. The van der Waals surface area contributed by atoms with Gasteiger partial charge in [-0.15, -0.1) is 0 Å². The molecular formula is C22H23N5O3. The van der Waals surface area contributed by atoms with E-state index in [-0.39, 0.29) is 17.1 Å². The molecule has 1 aromatic carbocycles. The van der Waals surface area contributed by atoms with Crippen molar-refractivity contribution >= 4 is 22.7 Å². The number of furan rings is 1. The first kappa shape index (κ1) is 19.6. The number of fused-ring (bicyclic) bond motifs is 1. The van der Waals surface area contributed by atoms with Crippen molar-refractivity contribution in [1.29, 1.82) is 0 Å². The number of hydrogen-bond donors (Lipinski definition) is 1. The molecule has 0 spiro atoms. The van der Waals surface area contributed by atoms with Crippen molar-refractivity contribution in [2.24, 2.45) is 0 Å². The average Bonchev–Trinajstić information content (AvgIpc) is 3.30. The number of aromatic nitrogens is 4. The fourth-order valence-corrected chi connectivity index (χ4v) is 3.11. The highest BCUT2D eigenvalue weighted by molar-refractivity contribution is 6.06. The third-order valence-corrected chi connectivity index (χ3v) is 4.81. The van der Waals surface area contributed by atoms with Crippen LogP contribution in [-0.2, 0) is 5.41 Å². The Kier molecular flexibility index (Phi) is 4.77. The quantitative estimate of drug-likeness (QED) is 0.545. The summed E-state index contributed by atoms with van der Waals surface area (Å²) in [4.78, 5) is 21.6. The SMILES string of the molecule is COc1ccc2oc(C(=O)Nc3cc(C(C)(C)C)nn3-c3ncccn3)c(C)c2c1. The molecule has 0 bridgehead atoms. The van der Waals surface area contributed by atoms with E-state index in [0.717, 1.165) is 16.6 Å². The molecule has 30 heavy (non-hydrogen) atoms. The Morgan fingerprint density at radius 2 is 1.90 bits per heavy atom. The van der Waals surface area contributed by atoms with Gasteiger partial charge in [0.2, 0.25) is 0 Å². The molecule has 0 atom stereocenters. The summed E-state index contributed by atoms with van der Waals surface area (Å²) >= 11 is 0. The van der Waals surface area contributed by atoms with Crippen LogP contribution < -0.4 is 10.1 Å². The number of amides is 1. The minimum Gasteiger partial charge on any atom is -0.497 e. The molecule has 0 radical (unpaired) electrons. The molecule has 1 N–H and O–H groups in total. The Morgan fingerprint density at radius 3 is 2.57 bits per heavy atom. The zero-order valence-electron chi connectivity index (χ0n) is 17.6. The molecule has 4 aromatic rings. The first-order chi connectivity index (χ1) is 14.3. The molecule has 8 nitrogen and oxygen atoms in total. The molecule has 8 heteroatoms. The van der Waals surface area contributed by atoms with E-state index in [2.05, 4.69) is 20.4 Å². The standard InChI is InChI=1S/C22H23N5O3/c1-13-15-11-14(29-5)7-8-16(15)30-19(13)20(28)25-18-12-17(22(2,3)4)26-27(18)21-23-9-6-10-24-21/h6-12H,1-5H3,(H,25,28). The summed E-state index contributed by atoms with van der Waals surface area (Å²) < 4.78 is 12.6. The first-order valence-corrected chi connectivity index (χ1v) is 9.54. The predicted octanol–water partition coefficient (Wildman–Crippen LogP) is 4.28. The summed E-state index contributed by atoms with van der Waals surface area (Å²) in [5.41, 5.74) is 1.94. The lowest BCUT2D eigenvalue weighted by molar-refractivity contribution is 0.0997. The molecule has 3 aromatic heterocycles. The normalized spacial score (nSPS) is 11.6. The Balaban J connectivity index is 1.74. The van der Waals surface area contributed by atoms with Crippen LogP contribution in [0, 0.1) is 6.92 Å². The highest BCUT2D eigenvalue weighted by Crippen LogP contribution is 2.30. The van der Waals surface area contributed by atoms with Gasteiger partial charge in [0, 0.05) is 34.8 Å². The zero-order chi connectivity index (χ0) is 21.5. The van der Waals surface area contributed by atoms with Gasteiger partial charge in [-0.1, -0.05) is 20.8 Å². The third kappa shape index (κ3) is 3.52. The van der Waals surface area contributed by atoms with Crippen LogP contribution in [0.2, 0.25) is 0 Å². The number of hydrogen-bond acceptors (Lipinski definition) is 6. The van der Waals surface area contributed by atoms with E-state index < -0.39 is 0 Å². The van der Waals surface area contributed by atoms with Crippen LogP contribution in [0.4, 0.5) is 5.82 Å². The van der Waals surface area contributed by atoms with Crippen LogP contribution in [0.3, 0.4) is 0 Å². The number of carbonyl (C=O) groups excluding carboxylic acids is 1. The molecule has 0 aliphatic rings. The van der Waals surface area contributed by atoms with E-state index in [9.17, 15) is 4.79 Å². The minimum atomic E-state index is -0.375. The summed E-state index contributed by atoms with van der Waals surface area (Å²) in [6.07, 6.45) is 3.26. The lowest BCUT2D eigenvalue weighted by Gasteiger charge is -2.13. The van der Waals surface area contributed by atoms with Gasteiger partial charge < -0.3 is 14.5 Å². The molecule has 0 aliphatic heterocycles. The van der Waals surface area contributed by atoms with E-state index in [0.29, 0.717) is 23.1 Å². The summed E-state index contributed by atoms with van der Waals surface area (Å²) in [5, 5.41) is 8.35. The second-order valence-corrected chi connectivity index (χ2v) is 8.00. The van der Waals surface area contributed by atoms with Crippen molar-refractivity contribution in [3.05, 3.63) is 59.7 Å². The van der Waals surface area contributed by atoms with Gasteiger partial charge in [0.15, 0.2) is 5.76 Å². The smallest absolute Gasteiger partial charge is 0.292 e. The lowest BCUT2D eigenvalue weighted by Crippen LogP contribution is -2.16. The molecule has 4 rings (SSSR count). The van der Waals surface area contributed by atoms with Gasteiger partial charge in [-0.3, -0.25) is 4.79 Å². The van der Waals surface area contributed by atoms with Crippen molar-refractivity contribution in [2.45, 2.75) is 33.1 Å². The summed E-state index contributed by atoms with van der Waals surface area (Å²) in [5.74, 6) is 1.40. The molecule has 0 unspecified atom stereocenters. The van der Waals surface area contributed by atoms with Crippen LogP contribution in [0.5, 0.6) is 5.75 Å². The van der Waals surface area contributed by atoms with E-state index in [4.69, 9.17) is 9.15 Å². The number of nitrogens with zero attached hydrogens (tertiary/aromatic N) is 4. The van der Waals surface area contributed by atoms with Crippen molar-refractivity contribution in [1.82, 2.24) is 19.7 Å². The topological polar surface area (TPSA) is 95.1 Å². The van der Waals surface area contributed by atoms with E-state index in [1.165, 1.54) is 4.68 Å². The second kappa shape index (κ2) is 7.29. The van der Waals surface area contributed by atoms with Crippen molar-refractivity contribution in [3.63, 3.8) is 0 Å². The van der Waals surface area contributed by atoms with Gasteiger partial charge in [-0.25, -0.2) is 9.97 Å². The van der Waals surface area contributed by atoms with Crippen molar-refractivity contribution in [2.75, 3.05) is 12.4 Å². The zero-order valence-corrected chi connectivity index (χ0v) is 17.6. The number of benzene rings is 1. The van der Waals surface area contributed by atoms with Crippen molar-refractivity contribution < 1.29 is 13.9 Å². The van der Waals surface area contributed by atoms with Crippen LogP contribution >= 0.6 is 0 Å². The largest absolute Gasteiger partial charge is 0.497 e. The molecule has 0 saturated carbocycles. The van der Waals surface area contributed by atoms with Gasteiger partial charge in [0.1, 0.15) is 17.2 Å². The van der Waals surface area contributed by atoms with Crippen LogP contribution in [0.1, 0.15) is 42.6 Å². The number of aryl methyl sites for hydroxylation is 1. The second-order valence-electron chi connectivity index (χ2n) is 8.00. The maximum Gasteiger partial charge on any atom is 0.292 e. The Morgan fingerprint density at radius 1 is 1.17 bits per heavy atom. The highest BCUT2D eigenvalue weighted by Gasteiger charge is 2.24. The summed E-state index contributed by atoms with van der Waals surface area (Å²) in [6.45, 7) is 7.99. The fourth-order valence-electron chi connectivity index (χ4n) is 3.11. The third-order valence-electron chi connectivity index (χ3n) is 4.81. The Hall–Kier alpha value is -3.68. The highest BCUT2D eigenvalue weighted by atomic mass is 16.5. The maximum atomic E-state index is 13.1. The molecule has 1 amide bonds. The van der Waals surface area contributed by atoms with Gasteiger partial charge in [-0.2, -0.15) is 9.78 Å². The van der Waals surface area contributed by atoms with Gasteiger partial charge in [0.25, 0.3) is 11.9 Å². The number of methoxy groups -OCH3 is 1. The molecular weight excluding hydrogens is 382 g/mol. The van der Waals surface area contributed by atoms with Crippen LogP contribution in [0.15, 0.2) is 47.1 Å². The van der Waals surface area contributed by atoms with Crippen molar-refractivity contribution in [3.8, 4) is 11.7 Å². The maximum absolute atomic E-state index is 13.1. The number of carbonyl (C=O) groups is 1. The summed E-state index contributed by atoms with van der Waals surface area (Å²) in [6, 6.07) is 8.99. The molecule has 154 valence electrons. The number of rotatable bonds is 4. The van der Waals surface area contributed by atoms with E-state index >= 15 is 0 Å².